The first-order valence-corrected chi connectivity index (χ1v) is 6.04. The van der Waals surface area contributed by atoms with E-state index < -0.39 is 11.7 Å². The van der Waals surface area contributed by atoms with Crippen molar-refractivity contribution in [3.8, 4) is 11.4 Å². The average molecular weight is 284 g/mol. The van der Waals surface area contributed by atoms with Gasteiger partial charge in [0.1, 0.15) is 5.75 Å². The average Bonchev–Trinajstić information content (AvgIpc) is 2.65. The van der Waals surface area contributed by atoms with Crippen LogP contribution in [0.4, 0.5) is 13.2 Å². The Kier molecular flexibility index (Phi) is 3.50. The van der Waals surface area contributed by atoms with E-state index in [1.807, 2.05) is 20.8 Å². The van der Waals surface area contributed by atoms with Crippen LogP contribution in [-0.2, 0) is 6.18 Å². The van der Waals surface area contributed by atoms with Gasteiger partial charge in [0.25, 0.3) is 0 Å². The summed E-state index contributed by atoms with van der Waals surface area (Å²) in [6.45, 7) is 5.54. The minimum atomic E-state index is -4.47. The van der Waals surface area contributed by atoms with Gasteiger partial charge in [-0.25, -0.2) is 4.68 Å². The van der Waals surface area contributed by atoms with Crippen LogP contribution in [0, 0.1) is 20.8 Å². The van der Waals surface area contributed by atoms with E-state index in [0.717, 1.165) is 23.0 Å². The molecule has 0 fully saturated rings. The Morgan fingerprint density at radius 3 is 2.25 bits per heavy atom. The lowest BCUT2D eigenvalue weighted by Gasteiger charge is -2.14. The molecule has 0 amide bonds. The molecule has 0 aliphatic rings. The minimum absolute atomic E-state index is 0.195. The Hall–Kier alpha value is -1.98. The molecule has 0 N–H and O–H groups in total. The maximum atomic E-state index is 13.0. The van der Waals surface area contributed by atoms with Crippen LogP contribution in [0.5, 0.6) is 5.75 Å². The maximum absolute atomic E-state index is 13.0. The normalized spacial score (nSPS) is 11.8. The SMILES string of the molecule is COc1ccc(-n2nc(C)c(C)c2C)cc1C(F)(F)F. The summed E-state index contributed by atoms with van der Waals surface area (Å²) in [6.07, 6.45) is -4.47. The van der Waals surface area contributed by atoms with Crippen LogP contribution >= 0.6 is 0 Å². The van der Waals surface area contributed by atoms with Gasteiger partial charge in [-0.05, 0) is 44.5 Å². The third-order valence-corrected chi connectivity index (χ3v) is 3.39. The van der Waals surface area contributed by atoms with E-state index in [1.54, 1.807) is 6.07 Å². The number of nitrogens with zero attached hydrogens (tertiary/aromatic N) is 2. The lowest BCUT2D eigenvalue weighted by molar-refractivity contribution is -0.138. The molecule has 1 aromatic heterocycles. The van der Waals surface area contributed by atoms with Gasteiger partial charge in [-0.1, -0.05) is 0 Å². The molecule has 0 aliphatic carbocycles. The highest BCUT2D eigenvalue weighted by atomic mass is 19.4. The van der Waals surface area contributed by atoms with E-state index in [-0.39, 0.29) is 5.75 Å². The zero-order valence-corrected chi connectivity index (χ0v) is 11.7. The van der Waals surface area contributed by atoms with Crippen LogP contribution in [0.25, 0.3) is 5.69 Å². The van der Waals surface area contributed by atoms with Gasteiger partial charge < -0.3 is 4.74 Å². The van der Waals surface area contributed by atoms with Crippen molar-refractivity contribution in [1.29, 1.82) is 0 Å². The van der Waals surface area contributed by atoms with E-state index in [0.29, 0.717) is 5.69 Å². The molecule has 1 aromatic carbocycles. The Morgan fingerprint density at radius 2 is 1.80 bits per heavy atom. The fourth-order valence-corrected chi connectivity index (χ4v) is 2.02. The summed E-state index contributed by atoms with van der Waals surface area (Å²) < 4.78 is 45.3. The lowest BCUT2D eigenvalue weighted by atomic mass is 10.1. The molecule has 1 heterocycles. The van der Waals surface area contributed by atoms with Gasteiger partial charge in [-0.15, -0.1) is 0 Å². The smallest absolute Gasteiger partial charge is 0.420 e. The largest absolute Gasteiger partial charge is 0.496 e. The molecular weight excluding hydrogens is 269 g/mol. The Balaban J connectivity index is 2.62. The molecule has 0 spiro atoms. The lowest BCUT2D eigenvalue weighted by Crippen LogP contribution is -2.09. The highest BCUT2D eigenvalue weighted by Gasteiger charge is 2.34. The molecule has 2 aromatic rings. The van der Waals surface area contributed by atoms with Crippen molar-refractivity contribution in [1.82, 2.24) is 9.78 Å². The molecule has 0 unspecified atom stereocenters. The number of benzene rings is 1. The van der Waals surface area contributed by atoms with E-state index >= 15 is 0 Å². The number of aromatic nitrogens is 2. The topological polar surface area (TPSA) is 27.1 Å². The molecule has 0 radical (unpaired) electrons. The van der Waals surface area contributed by atoms with Crippen LogP contribution in [-0.4, -0.2) is 16.9 Å². The molecule has 6 heteroatoms. The fraction of sp³-hybridized carbons (Fsp3) is 0.357. The van der Waals surface area contributed by atoms with Crippen molar-refractivity contribution in [2.75, 3.05) is 7.11 Å². The quantitative estimate of drug-likeness (QED) is 0.838. The van der Waals surface area contributed by atoms with E-state index in [4.69, 9.17) is 4.74 Å². The first kappa shape index (κ1) is 14.4. The minimum Gasteiger partial charge on any atom is -0.496 e. The van der Waals surface area contributed by atoms with Crippen LogP contribution in [0.2, 0.25) is 0 Å². The van der Waals surface area contributed by atoms with E-state index in [2.05, 4.69) is 5.10 Å². The van der Waals surface area contributed by atoms with Gasteiger partial charge in [-0.3, -0.25) is 0 Å². The highest BCUT2D eigenvalue weighted by Crippen LogP contribution is 2.37. The van der Waals surface area contributed by atoms with Gasteiger partial charge in [-0.2, -0.15) is 18.3 Å². The monoisotopic (exact) mass is 284 g/mol. The summed E-state index contributed by atoms with van der Waals surface area (Å²) in [5.74, 6) is -0.195. The zero-order chi connectivity index (χ0) is 15.1. The second-order valence-electron chi connectivity index (χ2n) is 4.59. The van der Waals surface area contributed by atoms with Gasteiger partial charge in [0.05, 0.1) is 24.1 Å². The van der Waals surface area contributed by atoms with Crippen molar-refractivity contribution in [3.05, 3.63) is 40.7 Å². The molecule has 0 aliphatic heterocycles. The van der Waals surface area contributed by atoms with E-state index in [1.165, 1.54) is 17.9 Å². The Labute approximate surface area is 115 Å². The number of aryl methyl sites for hydroxylation is 1. The summed E-state index contributed by atoms with van der Waals surface area (Å²) >= 11 is 0. The number of ether oxygens (including phenoxy) is 1. The summed E-state index contributed by atoms with van der Waals surface area (Å²) in [5.41, 5.74) is 2.15. The van der Waals surface area contributed by atoms with Crippen molar-refractivity contribution in [3.63, 3.8) is 0 Å². The third kappa shape index (κ3) is 2.37. The predicted octanol–water partition coefficient (Wildman–Crippen LogP) is 3.82. The molecule has 0 atom stereocenters. The summed E-state index contributed by atoms with van der Waals surface area (Å²) in [5, 5.41) is 4.27. The van der Waals surface area contributed by atoms with Crippen molar-refractivity contribution in [2.24, 2.45) is 0 Å². The zero-order valence-electron chi connectivity index (χ0n) is 11.7. The predicted molar refractivity (Wildman–Crippen MR) is 69.3 cm³/mol. The molecule has 0 saturated carbocycles. The Bertz CT molecular complexity index is 645. The van der Waals surface area contributed by atoms with Crippen LogP contribution in [0.1, 0.15) is 22.5 Å². The summed E-state index contributed by atoms with van der Waals surface area (Å²) in [7, 11) is 1.22. The van der Waals surface area contributed by atoms with Crippen LogP contribution in [0.3, 0.4) is 0 Å². The third-order valence-electron chi connectivity index (χ3n) is 3.39. The number of hydrogen-bond acceptors (Lipinski definition) is 2. The van der Waals surface area contributed by atoms with Crippen LogP contribution < -0.4 is 4.74 Å². The maximum Gasteiger partial charge on any atom is 0.420 e. The molecule has 20 heavy (non-hydrogen) atoms. The van der Waals surface area contributed by atoms with Gasteiger partial charge >= 0.3 is 6.18 Å². The Morgan fingerprint density at radius 1 is 1.15 bits per heavy atom. The molecule has 0 saturated heterocycles. The second-order valence-corrected chi connectivity index (χ2v) is 4.59. The first-order chi connectivity index (χ1) is 9.25. The molecule has 108 valence electrons. The highest BCUT2D eigenvalue weighted by molar-refractivity contribution is 5.47. The first-order valence-electron chi connectivity index (χ1n) is 6.04. The van der Waals surface area contributed by atoms with Gasteiger partial charge in [0, 0.05) is 5.69 Å². The second kappa shape index (κ2) is 4.85. The van der Waals surface area contributed by atoms with Gasteiger partial charge in [0.15, 0.2) is 0 Å². The van der Waals surface area contributed by atoms with E-state index in [9.17, 15) is 13.2 Å². The molecule has 3 nitrogen and oxygen atoms in total. The van der Waals surface area contributed by atoms with Gasteiger partial charge in [0.2, 0.25) is 0 Å². The summed E-state index contributed by atoms with van der Waals surface area (Å²) in [4.78, 5) is 0. The molecular formula is C14H15F3N2O. The van der Waals surface area contributed by atoms with Crippen molar-refractivity contribution >= 4 is 0 Å². The number of methoxy groups -OCH3 is 1. The van der Waals surface area contributed by atoms with Crippen LogP contribution in [0.15, 0.2) is 18.2 Å². The number of alkyl halides is 3. The number of rotatable bonds is 2. The van der Waals surface area contributed by atoms with Crippen molar-refractivity contribution < 1.29 is 17.9 Å². The number of halogens is 3. The summed E-state index contributed by atoms with van der Waals surface area (Å²) in [6, 6.07) is 3.93. The molecule has 0 bridgehead atoms. The fourth-order valence-electron chi connectivity index (χ4n) is 2.02. The van der Waals surface area contributed by atoms with Crippen molar-refractivity contribution in [2.45, 2.75) is 26.9 Å². The molecule has 2 rings (SSSR count). The standard InChI is InChI=1S/C14H15F3N2O/c1-8-9(2)18-19(10(8)3)11-5-6-13(20-4)12(7-11)14(15,16)17/h5-7H,1-4H3. The number of hydrogen-bond donors (Lipinski definition) is 0.